The number of nitrogens with one attached hydrogen (secondary N) is 2. The minimum absolute atomic E-state index is 0.152. The van der Waals surface area contributed by atoms with Crippen molar-refractivity contribution < 1.29 is 14.4 Å². The number of piperidine rings is 1. The number of aryl methyl sites for hydroxylation is 1. The lowest BCUT2D eigenvalue weighted by Gasteiger charge is -2.24. The van der Waals surface area contributed by atoms with Crippen molar-refractivity contribution in [2.24, 2.45) is 5.73 Å². The molecule has 0 radical (unpaired) electrons. The summed E-state index contributed by atoms with van der Waals surface area (Å²) < 4.78 is 1.31. The van der Waals surface area contributed by atoms with Gasteiger partial charge in [0.05, 0.1) is 11.1 Å². The van der Waals surface area contributed by atoms with Gasteiger partial charge in [-0.1, -0.05) is 18.2 Å². The van der Waals surface area contributed by atoms with Crippen molar-refractivity contribution in [2.75, 3.05) is 5.32 Å². The van der Waals surface area contributed by atoms with Gasteiger partial charge in [0.1, 0.15) is 17.4 Å². The Balaban J connectivity index is 1.72. The summed E-state index contributed by atoms with van der Waals surface area (Å²) in [5.74, 6) is -0.899. The minimum atomic E-state index is -0.804. The van der Waals surface area contributed by atoms with E-state index in [-0.39, 0.29) is 30.0 Å². The van der Waals surface area contributed by atoms with E-state index in [2.05, 4.69) is 15.6 Å². The molecule has 1 aliphatic rings. The molecular weight excluding hydrogens is 398 g/mol. The maximum Gasteiger partial charge on any atom is 0.262 e. The Hall–Kier alpha value is -3.85. The van der Waals surface area contributed by atoms with Crippen molar-refractivity contribution in [1.82, 2.24) is 14.9 Å². The fourth-order valence-corrected chi connectivity index (χ4v) is 3.71. The summed E-state index contributed by atoms with van der Waals surface area (Å²) in [6.45, 7) is 2.00. The van der Waals surface area contributed by atoms with Gasteiger partial charge in [0, 0.05) is 18.5 Å². The number of rotatable bonds is 4. The molecule has 31 heavy (non-hydrogen) atoms. The van der Waals surface area contributed by atoms with Gasteiger partial charge in [-0.3, -0.25) is 29.1 Å². The number of carbonyl (C=O) groups excluding carboxylic acids is 3. The maximum absolute atomic E-state index is 13.2. The smallest absolute Gasteiger partial charge is 0.262 e. The molecule has 0 spiro atoms. The minimum Gasteiger partial charge on any atom is -0.326 e. The van der Waals surface area contributed by atoms with Gasteiger partial charge in [-0.25, -0.2) is 4.98 Å². The van der Waals surface area contributed by atoms with Crippen LogP contribution < -0.4 is 21.9 Å². The zero-order valence-electron chi connectivity index (χ0n) is 16.8. The number of imide groups is 1. The van der Waals surface area contributed by atoms with Crippen LogP contribution in [0.15, 0.2) is 47.3 Å². The normalized spacial score (nSPS) is 16.3. The summed E-state index contributed by atoms with van der Waals surface area (Å²) in [6.07, 6.45) is 0.382. The molecule has 1 aromatic heterocycles. The average Bonchev–Trinajstić information content (AvgIpc) is 2.76. The molecule has 3 amide bonds. The lowest BCUT2D eigenvalue weighted by Crippen LogP contribution is -2.45. The molecule has 9 heteroatoms. The van der Waals surface area contributed by atoms with Crippen molar-refractivity contribution in [3.8, 4) is 0 Å². The number of nitrogens with two attached hydrogens (primary N) is 1. The van der Waals surface area contributed by atoms with E-state index in [4.69, 9.17) is 5.73 Å². The van der Waals surface area contributed by atoms with Crippen molar-refractivity contribution in [3.63, 3.8) is 0 Å². The highest BCUT2D eigenvalue weighted by atomic mass is 16.2. The number of benzene rings is 2. The topological polar surface area (TPSA) is 136 Å². The number of nitrogens with zero attached hydrogens (tertiary/aromatic N) is 2. The molecule has 4 N–H and O–H groups in total. The molecule has 3 aromatic rings. The Labute approximate surface area is 177 Å². The van der Waals surface area contributed by atoms with Crippen molar-refractivity contribution in [1.29, 1.82) is 0 Å². The molecule has 4 rings (SSSR count). The predicted octanol–water partition coefficient (Wildman–Crippen LogP) is 1.39. The first-order chi connectivity index (χ1) is 14.9. The Morgan fingerprint density at radius 2 is 1.94 bits per heavy atom. The van der Waals surface area contributed by atoms with E-state index in [1.807, 2.05) is 0 Å². The van der Waals surface area contributed by atoms with Crippen LogP contribution in [0, 0.1) is 6.92 Å². The first-order valence-corrected chi connectivity index (χ1v) is 9.85. The molecule has 1 aliphatic heterocycles. The van der Waals surface area contributed by atoms with Gasteiger partial charge in [-0.15, -0.1) is 0 Å². The number of amides is 3. The number of aromatic nitrogens is 2. The second kappa shape index (κ2) is 8.11. The Kier molecular flexibility index (Phi) is 5.35. The summed E-state index contributed by atoms with van der Waals surface area (Å²) >= 11 is 0. The van der Waals surface area contributed by atoms with Crippen LogP contribution in [0.2, 0.25) is 0 Å². The first kappa shape index (κ1) is 20.4. The maximum atomic E-state index is 13.2. The van der Waals surface area contributed by atoms with E-state index < -0.39 is 17.5 Å². The molecule has 0 bridgehead atoms. The van der Waals surface area contributed by atoms with Gasteiger partial charge in [-0.2, -0.15) is 0 Å². The Morgan fingerprint density at radius 1 is 1.19 bits per heavy atom. The summed E-state index contributed by atoms with van der Waals surface area (Å²) in [4.78, 5) is 54.1. The molecule has 0 aliphatic carbocycles. The lowest BCUT2D eigenvalue weighted by molar-refractivity contribution is -0.135. The second-order valence-corrected chi connectivity index (χ2v) is 7.36. The summed E-state index contributed by atoms with van der Waals surface area (Å²) in [5, 5.41) is 5.34. The number of fused-ring (bicyclic) bond motifs is 1. The van der Waals surface area contributed by atoms with Gasteiger partial charge in [-0.05, 0) is 43.2 Å². The third kappa shape index (κ3) is 3.82. The quantitative estimate of drug-likeness (QED) is 0.547. The molecule has 9 nitrogen and oxygen atoms in total. The van der Waals surface area contributed by atoms with Gasteiger partial charge < -0.3 is 11.1 Å². The van der Waals surface area contributed by atoms with Crippen LogP contribution in [-0.2, 0) is 16.1 Å². The Morgan fingerprint density at radius 3 is 2.61 bits per heavy atom. The molecular formula is C22H21N5O4. The van der Waals surface area contributed by atoms with Crippen LogP contribution in [-0.4, -0.2) is 27.3 Å². The van der Waals surface area contributed by atoms with E-state index in [1.54, 1.807) is 49.4 Å². The fourth-order valence-electron chi connectivity index (χ4n) is 3.71. The zero-order valence-corrected chi connectivity index (χ0v) is 16.8. The summed E-state index contributed by atoms with van der Waals surface area (Å²) in [5.41, 5.74) is 7.27. The van der Waals surface area contributed by atoms with E-state index in [0.29, 0.717) is 29.1 Å². The van der Waals surface area contributed by atoms with Gasteiger partial charge in [0.25, 0.3) is 11.5 Å². The van der Waals surface area contributed by atoms with E-state index in [1.165, 1.54) is 4.57 Å². The van der Waals surface area contributed by atoms with E-state index in [0.717, 1.165) is 5.56 Å². The highest BCUT2D eigenvalue weighted by Gasteiger charge is 2.30. The van der Waals surface area contributed by atoms with Gasteiger partial charge >= 0.3 is 0 Å². The van der Waals surface area contributed by atoms with Crippen LogP contribution in [0.5, 0.6) is 0 Å². The number of para-hydroxylation sites is 1. The molecule has 1 unspecified atom stereocenters. The SMILES string of the molecule is Cc1nc2c(NC(=O)c3ccc(CN)cc3)cccc2c(=O)n1C1CCC(=O)NC1=O. The molecule has 1 atom stereocenters. The van der Waals surface area contributed by atoms with E-state index >= 15 is 0 Å². The lowest BCUT2D eigenvalue weighted by atomic mass is 10.1. The van der Waals surface area contributed by atoms with Crippen LogP contribution in [0.1, 0.15) is 40.6 Å². The van der Waals surface area contributed by atoms with E-state index in [9.17, 15) is 19.2 Å². The van der Waals surface area contributed by atoms with Crippen LogP contribution in [0.4, 0.5) is 5.69 Å². The number of anilines is 1. The van der Waals surface area contributed by atoms with Crippen LogP contribution >= 0.6 is 0 Å². The molecule has 1 saturated heterocycles. The molecule has 2 aromatic carbocycles. The first-order valence-electron chi connectivity index (χ1n) is 9.85. The highest BCUT2D eigenvalue weighted by molar-refractivity contribution is 6.08. The third-order valence-corrected chi connectivity index (χ3v) is 5.33. The van der Waals surface area contributed by atoms with Crippen molar-refractivity contribution >= 4 is 34.3 Å². The van der Waals surface area contributed by atoms with Crippen LogP contribution in [0.3, 0.4) is 0 Å². The number of carbonyl (C=O) groups is 3. The zero-order chi connectivity index (χ0) is 22.1. The number of hydrogen-bond acceptors (Lipinski definition) is 6. The predicted molar refractivity (Wildman–Crippen MR) is 114 cm³/mol. The molecule has 1 fully saturated rings. The average molecular weight is 419 g/mol. The third-order valence-electron chi connectivity index (χ3n) is 5.33. The largest absolute Gasteiger partial charge is 0.326 e. The van der Waals surface area contributed by atoms with Gasteiger partial charge in [0.2, 0.25) is 11.8 Å². The standard InChI is InChI=1S/C22H21N5O4/c1-12-24-19-15(22(31)27(12)17-9-10-18(28)26-21(17)30)3-2-4-16(19)25-20(29)14-7-5-13(11-23)6-8-14/h2-8,17H,9-11,23H2,1H3,(H,25,29)(H,26,28,30). The summed E-state index contributed by atoms with van der Waals surface area (Å²) in [7, 11) is 0. The fraction of sp³-hybridized carbons (Fsp3) is 0.227. The van der Waals surface area contributed by atoms with Gasteiger partial charge in [0.15, 0.2) is 0 Å². The van der Waals surface area contributed by atoms with Crippen molar-refractivity contribution in [3.05, 3.63) is 69.8 Å². The molecule has 2 heterocycles. The number of hydrogen-bond donors (Lipinski definition) is 3. The monoisotopic (exact) mass is 419 g/mol. The summed E-state index contributed by atoms with van der Waals surface area (Å²) in [6, 6.07) is 11.0. The van der Waals surface area contributed by atoms with Crippen molar-refractivity contribution in [2.45, 2.75) is 32.4 Å². The second-order valence-electron chi connectivity index (χ2n) is 7.36. The highest BCUT2D eigenvalue weighted by Crippen LogP contribution is 2.24. The van der Waals surface area contributed by atoms with Crippen LogP contribution in [0.25, 0.3) is 10.9 Å². The molecule has 0 saturated carbocycles. The molecule has 158 valence electrons. The Bertz CT molecular complexity index is 1260.